The molecule has 1 aliphatic rings. The second kappa shape index (κ2) is 3.66. The Morgan fingerprint density at radius 2 is 2.29 bits per heavy atom. The van der Waals surface area contributed by atoms with Crippen LogP contribution in [-0.4, -0.2) is 10.9 Å². The molecule has 1 atom stereocenters. The minimum atomic E-state index is 0.439. The summed E-state index contributed by atoms with van der Waals surface area (Å²) in [6.45, 7) is 3.75. The van der Waals surface area contributed by atoms with Crippen molar-refractivity contribution in [2.45, 2.75) is 18.8 Å². The average molecular weight is 187 g/mol. The van der Waals surface area contributed by atoms with Crippen molar-refractivity contribution in [3.63, 3.8) is 0 Å². The van der Waals surface area contributed by atoms with Crippen LogP contribution in [-0.2, 0) is 0 Å². The van der Waals surface area contributed by atoms with E-state index in [2.05, 4.69) is 17.8 Å². The van der Waals surface area contributed by atoms with Gasteiger partial charge in [0.1, 0.15) is 0 Å². The maximum atomic E-state index is 8.86. The Morgan fingerprint density at radius 3 is 3.00 bits per heavy atom. The zero-order chi connectivity index (χ0) is 9.97. The van der Waals surface area contributed by atoms with Crippen LogP contribution < -0.4 is 0 Å². The summed E-state index contributed by atoms with van der Waals surface area (Å²) in [6.07, 6.45) is 3.68. The third-order valence-corrected chi connectivity index (χ3v) is 2.72. The smallest absolute Gasteiger partial charge is 0.0876 e. The molecule has 0 saturated heterocycles. The highest BCUT2D eigenvalue weighted by Gasteiger charge is 2.26. The van der Waals surface area contributed by atoms with Crippen LogP contribution in [0.15, 0.2) is 42.1 Å². The number of hydrogen-bond donors (Lipinski definition) is 1. The van der Waals surface area contributed by atoms with E-state index < -0.39 is 0 Å². The summed E-state index contributed by atoms with van der Waals surface area (Å²) in [5.74, 6) is 0.439. The normalized spacial score (nSPS) is 22.3. The van der Waals surface area contributed by atoms with Gasteiger partial charge in [0, 0.05) is 12.0 Å². The quantitative estimate of drug-likeness (QED) is 0.431. The van der Waals surface area contributed by atoms with Gasteiger partial charge < -0.3 is 5.21 Å². The molecule has 1 N–H and O–H groups in total. The Bertz CT molecular complexity index is 382. The van der Waals surface area contributed by atoms with E-state index in [4.69, 9.17) is 5.21 Å². The first-order chi connectivity index (χ1) is 6.86. The molecule has 0 heterocycles. The molecule has 0 aromatic heterocycles. The van der Waals surface area contributed by atoms with Gasteiger partial charge in [-0.25, -0.2) is 0 Å². The molecule has 2 nitrogen and oxygen atoms in total. The molecule has 2 rings (SSSR count). The number of oxime groups is 1. The lowest BCUT2D eigenvalue weighted by molar-refractivity contribution is 0.318. The summed E-state index contributed by atoms with van der Waals surface area (Å²) in [6, 6.07) is 8.10. The van der Waals surface area contributed by atoms with Gasteiger partial charge in [-0.2, -0.15) is 0 Å². The number of rotatable bonds is 2. The third-order valence-electron chi connectivity index (χ3n) is 2.72. The Morgan fingerprint density at radius 1 is 1.50 bits per heavy atom. The summed E-state index contributed by atoms with van der Waals surface area (Å²) >= 11 is 0. The van der Waals surface area contributed by atoms with Crippen molar-refractivity contribution in [3.8, 4) is 0 Å². The Hall–Kier alpha value is -1.57. The Labute approximate surface area is 83.6 Å². The van der Waals surface area contributed by atoms with E-state index >= 15 is 0 Å². The maximum absolute atomic E-state index is 8.86. The van der Waals surface area contributed by atoms with Gasteiger partial charge in [-0.3, -0.25) is 0 Å². The van der Waals surface area contributed by atoms with E-state index in [1.165, 1.54) is 5.56 Å². The summed E-state index contributed by atoms with van der Waals surface area (Å²) < 4.78 is 0. The number of hydrogen-bond acceptors (Lipinski definition) is 2. The van der Waals surface area contributed by atoms with Crippen LogP contribution in [0.5, 0.6) is 0 Å². The molecule has 2 heteroatoms. The lowest BCUT2D eigenvalue weighted by Crippen LogP contribution is -1.93. The molecule has 1 aromatic carbocycles. The molecule has 0 fully saturated rings. The van der Waals surface area contributed by atoms with E-state index in [0.717, 1.165) is 24.1 Å². The molecule has 1 aromatic rings. The Kier molecular flexibility index (Phi) is 2.35. The summed E-state index contributed by atoms with van der Waals surface area (Å²) in [7, 11) is 0. The topological polar surface area (TPSA) is 32.6 Å². The highest BCUT2D eigenvalue weighted by Crippen LogP contribution is 2.35. The van der Waals surface area contributed by atoms with E-state index in [0.29, 0.717) is 5.92 Å². The molecule has 1 unspecified atom stereocenters. The third kappa shape index (κ3) is 1.33. The van der Waals surface area contributed by atoms with Crippen molar-refractivity contribution >= 4 is 5.71 Å². The molecule has 0 aliphatic heterocycles. The van der Waals surface area contributed by atoms with Crippen LogP contribution in [0.1, 0.15) is 29.9 Å². The molecule has 0 spiro atoms. The van der Waals surface area contributed by atoms with Crippen LogP contribution >= 0.6 is 0 Å². The molecular formula is C12H13NO. The first-order valence-corrected chi connectivity index (χ1v) is 4.78. The van der Waals surface area contributed by atoms with Crippen molar-refractivity contribution in [2.75, 3.05) is 0 Å². The van der Waals surface area contributed by atoms with Crippen molar-refractivity contribution in [2.24, 2.45) is 5.16 Å². The van der Waals surface area contributed by atoms with E-state index in [-0.39, 0.29) is 0 Å². The van der Waals surface area contributed by atoms with Gasteiger partial charge in [-0.05, 0) is 17.9 Å². The fraction of sp³-hybridized carbons (Fsp3) is 0.250. The summed E-state index contributed by atoms with van der Waals surface area (Å²) in [4.78, 5) is 0. The van der Waals surface area contributed by atoms with Crippen LogP contribution in [0.25, 0.3) is 0 Å². The zero-order valence-corrected chi connectivity index (χ0v) is 7.98. The molecule has 14 heavy (non-hydrogen) atoms. The van der Waals surface area contributed by atoms with Gasteiger partial charge in [0.05, 0.1) is 5.71 Å². The van der Waals surface area contributed by atoms with Crippen molar-refractivity contribution in [1.29, 1.82) is 0 Å². The van der Waals surface area contributed by atoms with Gasteiger partial charge in [0.2, 0.25) is 0 Å². The number of fused-ring (bicyclic) bond motifs is 1. The van der Waals surface area contributed by atoms with E-state index in [1.54, 1.807) is 0 Å². The van der Waals surface area contributed by atoms with Gasteiger partial charge in [0.15, 0.2) is 0 Å². The van der Waals surface area contributed by atoms with Gasteiger partial charge in [-0.15, -0.1) is 6.58 Å². The van der Waals surface area contributed by atoms with E-state index in [9.17, 15) is 0 Å². The predicted molar refractivity (Wildman–Crippen MR) is 56.9 cm³/mol. The highest BCUT2D eigenvalue weighted by molar-refractivity contribution is 6.04. The van der Waals surface area contributed by atoms with Crippen molar-refractivity contribution < 1.29 is 5.21 Å². The predicted octanol–water partition coefficient (Wildman–Crippen LogP) is 2.93. The second-order valence-electron chi connectivity index (χ2n) is 3.56. The van der Waals surface area contributed by atoms with Gasteiger partial charge in [0.25, 0.3) is 0 Å². The molecule has 0 saturated carbocycles. The highest BCUT2D eigenvalue weighted by atomic mass is 16.4. The van der Waals surface area contributed by atoms with Crippen molar-refractivity contribution in [1.82, 2.24) is 0 Å². The zero-order valence-electron chi connectivity index (χ0n) is 7.98. The fourth-order valence-electron chi connectivity index (χ4n) is 2.08. The average Bonchev–Trinajstić information content (AvgIpc) is 2.58. The minimum Gasteiger partial charge on any atom is -0.411 e. The first-order valence-electron chi connectivity index (χ1n) is 4.78. The molecule has 72 valence electrons. The standard InChI is InChI=1S/C12H13NO/c1-2-5-9-8-12(13-14)11-7-4-3-6-10(9)11/h2-4,6-7,9,14H,1,5,8H2/b13-12+. The molecule has 1 aliphatic carbocycles. The lowest BCUT2D eigenvalue weighted by Gasteiger charge is -2.06. The lowest BCUT2D eigenvalue weighted by atomic mass is 9.98. The van der Waals surface area contributed by atoms with Crippen LogP contribution in [0, 0.1) is 0 Å². The van der Waals surface area contributed by atoms with Crippen LogP contribution in [0.2, 0.25) is 0 Å². The van der Waals surface area contributed by atoms with E-state index in [1.807, 2.05) is 24.3 Å². The van der Waals surface area contributed by atoms with Crippen LogP contribution in [0.3, 0.4) is 0 Å². The molecule has 0 amide bonds. The van der Waals surface area contributed by atoms with Crippen LogP contribution in [0.4, 0.5) is 0 Å². The SMILES string of the molecule is C=CCC1C/C(=N\O)c2ccccc21. The number of allylic oxidation sites excluding steroid dienone is 1. The minimum absolute atomic E-state index is 0.439. The molecular weight excluding hydrogens is 174 g/mol. The van der Waals surface area contributed by atoms with Gasteiger partial charge >= 0.3 is 0 Å². The summed E-state index contributed by atoms with van der Waals surface area (Å²) in [5, 5.41) is 12.2. The maximum Gasteiger partial charge on any atom is 0.0876 e. The number of benzene rings is 1. The summed E-state index contributed by atoms with van der Waals surface area (Å²) in [5.41, 5.74) is 3.16. The Balaban J connectivity index is 2.43. The largest absolute Gasteiger partial charge is 0.411 e. The molecule has 0 radical (unpaired) electrons. The fourth-order valence-corrected chi connectivity index (χ4v) is 2.08. The monoisotopic (exact) mass is 187 g/mol. The second-order valence-corrected chi connectivity index (χ2v) is 3.56. The van der Waals surface area contributed by atoms with Gasteiger partial charge in [-0.1, -0.05) is 35.5 Å². The van der Waals surface area contributed by atoms with Crippen molar-refractivity contribution in [3.05, 3.63) is 48.0 Å². The molecule has 0 bridgehead atoms. The first kappa shape index (κ1) is 9.00. The number of nitrogens with zero attached hydrogens (tertiary/aromatic N) is 1.